The zero-order chi connectivity index (χ0) is 17.5. The second-order valence-corrected chi connectivity index (χ2v) is 7.73. The molecule has 2 bridgehead atoms. The van der Waals surface area contributed by atoms with Crippen LogP contribution in [-0.4, -0.2) is 35.5 Å². The zero-order valence-electron chi connectivity index (χ0n) is 16.1. The molecule has 0 saturated carbocycles. The van der Waals surface area contributed by atoms with Crippen LogP contribution in [0.15, 0.2) is 30.3 Å². The molecule has 1 aromatic carbocycles. The summed E-state index contributed by atoms with van der Waals surface area (Å²) in [7, 11) is 0. The van der Waals surface area contributed by atoms with E-state index in [9.17, 15) is 4.79 Å². The minimum Gasteiger partial charge on any atom is -0.353 e. The van der Waals surface area contributed by atoms with Crippen molar-refractivity contribution in [1.82, 2.24) is 10.2 Å². The van der Waals surface area contributed by atoms with Gasteiger partial charge >= 0.3 is 0 Å². The molecule has 0 aromatic heterocycles. The Kier molecular flexibility index (Phi) is 11.3. The fourth-order valence-corrected chi connectivity index (χ4v) is 4.53. The van der Waals surface area contributed by atoms with E-state index in [4.69, 9.17) is 5.73 Å². The largest absolute Gasteiger partial charge is 0.353 e. The third-order valence-electron chi connectivity index (χ3n) is 5.82. The Bertz CT molecular complexity index is 529. The van der Waals surface area contributed by atoms with Crippen LogP contribution in [0.5, 0.6) is 0 Å². The van der Waals surface area contributed by atoms with E-state index in [2.05, 4.69) is 40.5 Å². The van der Waals surface area contributed by atoms with Crippen molar-refractivity contribution in [3.8, 4) is 0 Å². The molecule has 0 radical (unpaired) electrons. The van der Waals surface area contributed by atoms with Gasteiger partial charge in [-0.3, -0.25) is 9.69 Å². The minimum absolute atomic E-state index is 0. The normalized spacial score (nSPS) is 24.0. The fourth-order valence-electron chi connectivity index (χ4n) is 4.53. The number of hydrogen-bond acceptors (Lipinski definition) is 3. The molecule has 0 spiro atoms. The van der Waals surface area contributed by atoms with Crippen molar-refractivity contribution >= 4 is 30.7 Å². The summed E-state index contributed by atoms with van der Waals surface area (Å²) in [5.74, 6) is 0.244. The van der Waals surface area contributed by atoms with Crippen LogP contribution < -0.4 is 11.1 Å². The molecular weight excluding hydrogens is 381 g/mol. The summed E-state index contributed by atoms with van der Waals surface area (Å²) in [6.07, 6.45) is 9.79. The summed E-state index contributed by atoms with van der Waals surface area (Å²) in [4.78, 5) is 14.9. The number of carbonyl (C=O) groups is 1. The molecule has 2 aliphatic heterocycles. The van der Waals surface area contributed by atoms with Crippen molar-refractivity contribution in [1.29, 1.82) is 0 Å². The van der Waals surface area contributed by atoms with Crippen LogP contribution in [0.4, 0.5) is 0 Å². The average molecular weight is 416 g/mol. The number of nitrogens with one attached hydrogen (secondary N) is 1. The van der Waals surface area contributed by atoms with Crippen LogP contribution in [-0.2, 0) is 11.3 Å². The van der Waals surface area contributed by atoms with Gasteiger partial charge in [-0.05, 0) is 50.6 Å². The van der Waals surface area contributed by atoms with E-state index < -0.39 is 0 Å². The van der Waals surface area contributed by atoms with Crippen LogP contribution in [0.2, 0.25) is 0 Å². The first kappa shape index (κ1) is 24.2. The summed E-state index contributed by atoms with van der Waals surface area (Å²) in [6.45, 7) is 1.81. The molecule has 2 heterocycles. The Morgan fingerprint density at radius 1 is 1.00 bits per heavy atom. The first-order chi connectivity index (χ1) is 12.3. The van der Waals surface area contributed by atoms with Crippen molar-refractivity contribution < 1.29 is 4.79 Å². The molecule has 1 amide bonds. The number of fused-ring (bicyclic) bond motifs is 2. The summed E-state index contributed by atoms with van der Waals surface area (Å²) >= 11 is 0. The molecule has 2 atom stereocenters. The van der Waals surface area contributed by atoms with E-state index >= 15 is 0 Å². The highest BCUT2D eigenvalue weighted by Gasteiger charge is 2.40. The Morgan fingerprint density at radius 3 is 2.26 bits per heavy atom. The van der Waals surface area contributed by atoms with Crippen LogP contribution in [0.1, 0.15) is 63.4 Å². The lowest BCUT2D eigenvalue weighted by atomic mass is 9.96. The lowest BCUT2D eigenvalue weighted by Gasteiger charge is -2.39. The second-order valence-electron chi connectivity index (χ2n) is 7.73. The number of unbranched alkanes of at least 4 members (excludes halogenated alkanes) is 3. The Labute approximate surface area is 176 Å². The van der Waals surface area contributed by atoms with Crippen LogP contribution >= 0.6 is 24.8 Å². The summed E-state index contributed by atoms with van der Waals surface area (Å²) < 4.78 is 0. The lowest BCUT2D eigenvalue weighted by molar-refractivity contribution is -0.122. The molecule has 3 N–H and O–H groups in total. The molecule has 2 aliphatic rings. The van der Waals surface area contributed by atoms with Crippen molar-refractivity contribution in [2.24, 2.45) is 5.73 Å². The van der Waals surface area contributed by atoms with Gasteiger partial charge in [-0.1, -0.05) is 43.2 Å². The van der Waals surface area contributed by atoms with Gasteiger partial charge in [0.1, 0.15) is 0 Å². The monoisotopic (exact) mass is 415 g/mol. The molecule has 4 nitrogen and oxygen atoms in total. The third-order valence-corrected chi connectivity index (χ3v) is 5.82. The number of rotatable bonds is 9. The van der Waals surface area contributed by atoms with Gasteiger partial charge in [0.2, 0.25) is 5.91 Å². The van der Waals surface area contributed by atoms with E-state index in [0.29, 0.717) is 24.5 Å². The lowest BCUT2D eigenvalue weighted by Crippen LogP contribution is -2.49. The number of benzene rings is 1. The van der Waals surface area contributed by atoms with Crippen molar-refractivity contribution in [2.75, 3.05) is 6.54 Å². The predicted molar refractivity (Wildman–Crippen MR) is 117 cm³/mol. The summed E-state index contributed by atoms with van der Waals surface area (Å²) in [5.41, 5.74) is 6.90. The topological polar surface area (TPSA) is 58.4 Å². The highest BCUT2D eigenvalue weighted by molar-refractivity contribution is 5.85. The highest BCUT2D eigenvalue weighted by atomic mass is 35.5. The number of nitrogens with zero attached hydrogens (tertiary/aromatic N) is 1. The molecule has 2 saturated heterocycles. The smallest absolute Gasteiger partial charge is 0.220 e. The summed E-state index contributed by atoms with van der Waals surface area (Å²) in [6, 6.07) is 12.4. The van der Waals surface area contributed by atoms with Crippen molar-refractivity contribution in [3.63, 3.8) is 0 Å². The van der Waals surface area contributed by atoms with Crippen molar-refractivity contribution in [2.45, 2.75) is 82.5 Å². The number of carbonyl (C=O) groups excluding carboxylic acids is 1. The van der Waals surface area contributed by atoms with Crippen LogP contribution in [0.3, 0.4) is 0 Å². The zero-order valence-corrected chi connectivity index (χ0v) is 17.8. The molecule has 0 aliphatic carbocycles. The molecule has 2 unspecified atom stereocenters. The van der Waals surface area contributed by atoms with Gasteiger partial charge in [-0.25, -0.2) is 0 Å². The molecule has 3 rings (SSSR count). The second kappa shape index (κ2) is 12.6. The molecule has 154 valence electrons. The Morgan fingerprint density at radius 2 is 1.63 bits per heavy atom. The minimum atomic E-state index is 0. The van der Waals surface area contributed by atoms with Gasteiger partial charge in [-0.2, -0.15) is 0 Å². The number of halogens is 2. The van der Waals surface area contributed by atoms with Gasteiger partial charge in [-0.15, -0.1) is 24.8 Å². The third kappa shape index (κ3) is 7.26. The van der Waals surface area contributed by atoms with Crippen molar-refractivity contribution in [3.05, 3.63) is 35.9 Å². The van der Waals surface area contributed by atoms with Crippen LogP contribution in [0, 0.1) is 0 Å². The standard InChI is InChI=1S/C21H33N3O.2ClH/c22-13-7-2-1-6-10-21(25)23-18-14-19-11-12-20(15-18)24(19)16-17-8-4-3-5-9-17;;/h3-5,8-9,18-20H,1-2,6-7,10-16,22H2,(H,23,25);2*1H. The molecule has 2 fully saturated rings. The quantitative estimate of drug-likeness (QED) is 0.597. The fraction of sp³-hybridized carbons (Fsp3) is 0.667. The maximum atomic E-state index is 12.2. The van der Waals surface area contributed by atoms with E-state index in [-0.39, 0.29) is 30.7 Å². The Hall–Kier alpha value is -0.810. The van der Waals surface area contributed by atoms with E-state index in [0.717, 1.165) is 51.6 Å². The first-order valence-corrected chi connectivity index (χ1v) is 10.1. The maximum absolute atomic E-state index is 12.2. The van der Waals surface area contributed by atoms with E-state index in [1.807, 2.05) is 0 Å². The molecular formula is C21H35Cl2N3O. The Balaban J connectivity index is 0.00000182. The molecule has 6 heteroatoms. The van der Waals surface area contributed by atoms with Gasteiger partial charge in [0.25, 0.3) is 0 Å². The molecule has 1 aromatic rings. The first-order valence-electron chi connectivity index (χ1n) is 10.1. The number of hydrogen-bond donors (Lipinski definition) is 2. The van der Waals surface area contributed by atoms with Gasteiger partial charge < -0.3 is 11.1 Å². The van der Waals surface area contributed by atoms with E-state index in [1.54, 1.807) is 0 Å². The SMILES string of the molecule is Cl.Cl.NCCCCCCC(=O)NC1CC2CCC(C1)N2Cc1ccccc1. The van der Waals surface area contributed by atoms with Gasteiger partial charge in [0, 0.05) is 31.1 Å². The highest BCUT2D eigenvalue weighted by Crippen LogP contribution is 2.36. The average Bonchev–Trinajstić information content (AvgIpc) is 2.85. The van der Waals surface area contributed by atoms with Crippen LogP contribution in [0.25, 0.3) is 0 Å². The van der Waals surface area contributed by atoms with Gasteiger partial charge in [0.15, 0.2) is 0 Å². The molecule has 27 heavy (non-hydrogen) atoms. The number of piperidine rings is 1. The predicted octanol–water partition coefficient (Wildman–Crippen LogP) is 4.05. The number of nitrogens with two attached hydrogens (primary N) is 1. The summed E-state index contributed by atoms with van der Waals surface area (Å²) in [5, 5.41) is 3.30. The van der Waals surface area contributed by atoms with E-state index in [1.165, 1.54) is 18.4 Å². The number of amides is 1. The maximum Gasteiger partial charge on any atom is 0.220 e. The van der Waals surface area contributed by atoms with Gasteiger partial charge in [0.05, 0.1) is 0 Å².